The van der Waals surface area contributed by atoms with Gasteiger partial charge in [0, 0.05) is 27.3 Å². The molecule has 3 nitrogen and oxygen atoms in total. The van der Waals surface area contributed by atoms with Gasteiger partial charge < -0.3 is 15.8 Å². The first-order chi connectivity index (χ1) is 15.9. The molecule has 0 aliphatic rings. The van der Waals surface area contributed by atoms with Gasteiger partial charge in [-0.05, 0) is 60.0 Å². The molecule has 168 valence electrons. The molecular weight excluding hydrogens is 455 g/mol. The molecule has 0 unspecified atom stereocenters. The highest BCUT2D eigenvalue weighted by molar-refractivity contribution is 7.98. The molecule has 0 aromatic heterocycles. The van der Waals surface area contributed by atoms with Crippen LogP contribution in [0.3, 0.4) is 0 Å². The quantitative estimate of drug-likeness (QED) is 0.208. The van der Waals surface area contributed by atoms with Gasteiger partial charge in [0.25, 0.3) is 0 Å². The first kappa shape index (κ1) is 23.0. The Bertz CT molecular complexity index is 1280. The fraction of sp³-hybridized carbons (Fsp3) is 0.111. The normalized spacial score (nSPS) is 10.8. The average Bonchev–Trinajstić information content (AvgIpc) is 2.82. The summed E-state index contributed by atoms with van der Waals surface area (Å²) in [6.07, 6.45) is 0. The number of ether oxygens (including phenoxy) is 1. The molecule has 0 heterocycles. The van der Waals surface area contributed by atoms with E-state index < -0.39 is 0 Å². The van der Waals surface area contributed by atoms with Crippen LogP contribution >= 0.6 is 23.4 Å². The minimum Gasteiger partial charge on any atom is -0.495 e. The molecule has 33 heavy (non-hydrogen) atoms. The zero-order chi connectivity index (χ0) is 23.4. The van der Waals surface area contributed by atoms with E-state index in [0.29, 0.717) is 33.4 Å². The predicted molar refractivity (Wildman–Crippen MR) is 138 cm³/mol. The Kier molecular flexibility index (Phi) is 7.11. The van der Waals surface area contributed by atoms with E-state index in [0.717, 1.165) is 21.8 Å². The monoisotopic (exact) mass is 478 g/mol. The van der Waals surface area contributed by atoms with E-state index in [1.54, 1.807) is 37.1 Å². The maximum absolute atomic E-state index is 15.1. The first-order valence-corrected chi connectivity index (χ1v) is 11.8. The van der Waals surface area contributed by atoms with Crippen molar-refractivity contribution in [1.82, 2.24) is 0 Å². The third-order valence-electron chi connectivity index (χ3n) is 5.30. The predicted octanol–water partition coefficient (Wildman–Crippen LogP) is 8.08. The summed E-state index contributed by atoms with van der Waals surface area (Å²) in [5.74, 6) is 1.01. The van der Waals surface area contributed by atoms with Crippen molar-refractivity contribution in [1.29, 1.82) is 0 Å². The molecule has 0 fully saturated rings. The van der Waals surface area contributed by atoms with Gasteiger partial charge in [-0.3, -0.25) is 0 Å². The fourth-order valence-corrected chi connectivity index (χ4v) is 4.50. The molecule has 3 N–H and O–H groups in total. The minimum atomic E-state index is -0.367. The van der Waals surface area contributed by atoms with E-state index in [1.165, 1.54) is 11.6 Å². The van der Waals surface area contributed by atoms with Gasteiger partial charge in [0.1, 0.15) is 11.6 Å². The van der Waals surface area contributed by atoms with Gasteiger partial charge >= 0.3 is 0 Å². The Morgan fingerprint density at radius 3 is 2.45 bits per heavy atom. The molecule has 4 rings (SSSR count). The van der Waals surface area contributed by atoms with Crippen molar-refractivity contribution >= 4 is 40.4 Å². The highest BCUT2D eigenvalue weighted by Gasteiger charge is 2.14. The zero-order valence-electron chi connectivity index (χ0n) is 18.4. The van der Waals surface area contributed by atoms with Gasteiger partial charge in [0.05, 0.1) is 24.2 Å². The summed E-state index contributed by atoms with van der Waals surface area (Å²) >= 11 is 7.83. The van der Waals surface area contributed by atoms with Crippen LogP contribution in [0.25, 0.3) is 11.1 Å². The summed E-state index contributed by atoms with van der Waals surface area (Å²) in [6, 6.07) is 24.6. The SMILES string of the molecule is COc1cc(-c2ccc(Cl)c(C)c2)c(F)cc1Nc1ccc(SCc2ccccc2)cc1N. The summed E-state index contributed by atoms with van der Waals surface area (Å²) < 4.78 is 20.6. The molecule has 4 aromatic carbocycles. The van der Waals surface area contributed by atoms with Gasteiger partial charge in [-0.25, -0.2) is 4.39 Å². The van der Waals surface area contributed by atoms with E-state index in [4.69, 9.17) is 22.1 Å². The minimum absolute atomic E-state index is 0.367. The number of methoxy groups -OCH3 is 1. The van der Waals surface area contributed by atoms with Crippen molar-refractivity contribution in [2.75, 3.05) is 18.2 Å². The van der Waals surface area contributed by atoms with Crippen molar-refractivity contribution in [3.8, 4) is 16.9 Å². The number of anilines is 3. The lowest BCUT2D eigenvalue weighted by Crippen LogP contribution is -2.00. The maximum atomic E-state index is 15.1. The zero-order valence-corrected chi connectivity index (χ0v) is 19.9. The second-order valence-electron chi connectivity index (χ2n) is 7.64. The summed E-state index contributed by atoms with van der Waals surface area (Å²) in [5, 5.41) is 3.86. The highest BCUT2D eigenvalue weighted by atomic mass is 35.5. The Hall–Kier alpha value is -3.15. The topological polar surface area (TPSA) is 47.3 Å². The molecule has 0 saturated heterocycles. The van der Waals surface area contributed by atoms with Gasteiger partial charge in [-0.15, -0.1) is 11.8 Å². The van der Waals surface area contributed by atoms with Crippen LogP contribution in [0.4, 0.5) is 21.5 Å². The Morgan fingerprint density at radius 1 is 0.970 bits per heavy atom. The number of rotatable bonds is 7. The number of thioether (sulfide) groups is 1. The van der Waals surface area contributed by atoms with E-state index in [9.17, 15) is 0 Å². The first-order valence-electron chi connectivity index (χ1n) is 10.4. The molecule has 0 bridgehead atoms. The summed E-state index contributed by atoms with van der Waals surface area (Å²) in [6.45, 7) is 1.89. The number of nitrogens with two attached hydrogens (primary N) is 1. The van der Waals surface area contributed by atoms with Crippen molar-refractivity contribution in [2.24, 2.45) is 0 Å². The van der Waals surface area contributed by atoms with Crippen LogP contribution in [0.2, 0.25) is 5.02 Å². The van der Waals surface area contributed by atoms with Crippen LogP contribution in [0.15, 0.2) is 83.8 Å². The lowest BCUT2D eigenvalue weighted by molar-refractivity contribution is 0.416. The smallest absolute Gasteiger partial charge is 0.143 e. The van der Waals surface area contributed by atoms with Crippen molar-refractivity contribution in [2.45, 2.75) is 17.6 Å². The lowest BCUT2D eigenvalue weighted by Gasteiger charge is -2.16. The number of nitrogen functional groups attached to an aromatic ring is 1. The van der Waals surface area contributed by atoms with Gasteiger partial charge in [-0.1, -0.05) is 48.0 Å². The van der Waals surface area contributed by atoms with Crippen LogP contribution < -0.4 is 15.8 Å². The van der Waals surface area contributed by atoms with Crippen LogP contribution in [-0.2, 0) is 5.75 Å². The molecule has 0 saturated carbocycles. The maximum Gasteiger partial charge on any atom is 0.143 e. The van der Waals surface area contributed by atoms with Gasteiger partial charge in [-0.2, -0.15) is 0 Å². The van der Waals surface area contributed by atoms with Crippen LogP contribution in [0, 0.1) is 12.7 Å². The molecule has 0 aliphatic heterocycles. The number of aryl methyl sites for hydroxylation is 1. The summed E-state index contributed by atoms with van der Waals surface area (Å²) in [5.41, 5.74) is 11.4. The summed E-state index contributed by atoms with van der Waals surface area (Å²) in [4.78, 5) is 1.06. The highest BCUT2D eigenvalue weighted by Crippen LogP contribution is 2.38. The van der Waals surface area contributed by atoms with Crippen LogP contribution in [0.1, 0.15) is 11.1 Å². The number of halogens is 2. The molecule has 4 aromatic rings. The van der Waals surface area contributed by atoms with Crippen LogP contribution in [-0.4, -0.2) is 7.11 Å². The van der Waals surface area contributed by atoms with Gasteiger partial charge in [0.15, 0.2) is 0 Å². The Labute approximate surface area is 202 Å². The van der Waals surface area contributed by atoms with Crippen molar-refractivity contribution < 1.29 is 9.13 Å². The number of benzene rings is 4. The third kappa shape index (κ3) is 5.44. The average molecular weight is 479 g/mol. The number of nitrogens with one attached hydrogen (secondary N) is 1. The Morgan fingerprint density at radius 2 is 1.76 bits per heavy atom. The molecule has 0 aliphatic carbocycles. The van der Waals surface area contributed by atoms with E-state index in [-0.39, 0.29) is 5.82 Å². The van der Waals surface area contributed by atoms with E-state index in [1.807, 2.05) is 49.4 Å². The second-order valence-corrected chi connectivity index (χ2v) is 9.10. The third-order valence-corrected chi connectivity index (χ3v) is 6.79. The number of hydrogen-bond acceptors (Lipinski definition) is 4. The lowest BCUT2D eigenvalue weighted by atomic mass is 10.0. The summed E-state index contributed by atoms with van der Waals surface area (Å²) in [7, 11) is 1.56. The van der Waals surface area contributed by atoms with Gasteiger partial charge in [0.2, 0.25) is 0 Å². The fourth-order valence-electron chi connectivity index (χ4n) is 3.48. The molecule has 0 amide bonds. The second kappa shape index (κ2) is 10.2. The van der Waals surface area contributed by atoms with Crippen LogP contribution in [0.5, 0.6) is 5.75 Å². The largest absolute Gasteiger partial charge is 0.495 e. The molecular formula is C27H24ClFN2OS. The number of hydrogen-bond donors (Lipinski definition) is 2. The molecule has 0 radical (unpaired) electrons. The Balaban J connectivity index is 1.55. The standard InChI is InChI=1S/C27H24ClFN2OS/c1-17-12-19(8-10-22(17)28)21-14-27(32-2)26(15-23(21)29)31-25-11-9-20(13-24(25)30)33-16-18-6-4-3-5-7-18/h3-15,31H,16,30H2,1-2H3. The van der Waals surface area contributed by atoms with Crippen molar-refractivity contribution in [3.05, 3.63) is 101 Å². The molecule has 0 atom stereocenters. The van der Waals surface area contributed by atoms with Crippen molar-refractivity contribution in [3.63, 3.8) is 0 Å². The van der Waals surface area contributed by atoms with E-state index >= 15 is 4.39 Å². The van der Waals surface area contributed by atoms with E-state index in [2.05, 4.69) is 17.4 Å². The molecule has 6 heteroatoms. The molecule has 0 spiro atoms.